The molecular formula is C24H22N8O2. The van der Waals surface area contributed by atoms with E-state index in [9.17, 15) is 5.26 Å². The van der Waals surface area contributed by atoms with Crippen LogP contribution in [-0.2, 0) is 22.6 Å². The number of nitriles is 1. The second kappa shape index (κ2) is 9.74. The van der Waals surface area contributed by atoms with Gasteiger partial charge in [-0.1, -0.05) is 23.4 Å². The molecule has 4 heterocycles. The Bertz CT molecular complexity index is 1340. The van der Waals surface area contributed by atoms with Crippen molar-refractivity contribution < 1.29 is 9.47 Å². The third kappa shape index (κ3) is 5.06. The van der Waals surface area contributed by atoms with Gasteiger partial charge in [0.25, 0.3) is 0 Å². The Morgan fingerprint density at radius 1 is 1.06 bits per heavy atom. The summed E-state index contributed by atoms with van der Waals surface area (Å²) in [6, 6.07) is 16.9. The highest BCUT2D eigenvalue weighted by Crippen LogP contribution is 2.24. The van der Waals surface area contributed by atoms with E-state index in [2.05, 4.69) is 31.3 Å². The highest BCUT2D eigenvalue weighted by atomic mass is 16.5. The van der Waals surface area contributed by atoms with E-state index < -0.39 is 0 Å². The van der Waals surface area contributed by atoms with E-state index >= 15 is 0 Å². The molecule has 34 heavy (non-hydrogen) atoms. The summed E-state index contributed by atoms with van der Waals surface area (Å²) in [5.74, 6) is 0.117. The SMILES string of the molecule is N#Cc1cccc(-c2cc(-c3cn(Cc4cccc(COC5CCOC5)n4)nn3)nc(N)n2)c1. The number of pyridine rings is 1. The monoisotopic (exact) mass is 454 g/mol. The molecular weight excluding hydrogens is 432 g/mol. The van der Waals surface area contributed by atoms with E-state index in [4.69, 9.17) is 15.2 Å². The summed E-state index contributed by atoms with van der Waals surface area (Å²) in [7, 11) is 0. The van der Waals surface area contributed by atoms with Crippen LogP contribution in [0.15, 0.2) is 54.7 Å². The van der Waals surface area contributed by atoms with Crippen molar-refractivity contribution in [2.75, 3.05) is 18.9 Å². The van der Waals surface area contributed by atoms with Gasteiger partial charge in [-0.3, -0.25) is 4.98 Å². The molecule has 0 spiro atoms. The summed E-state index contributed by atoms with van der Waals surface area (Å²) in [5.41, 5.74) is 10.7. The first-order chi connectivity index (χ1) is 16.7. The maximum Gasteiger partial charge on any atom is 0.221 e. The lowest BCUT2D eigenvalue weighted by Gasteiger charge is -2.10. The number of rotatable bonds is 7. The molecule has 170 valence electrons. The molecule has 1 aromatic carbocycles. The van der Waals surface area contributed by atoms with Crippen molar-refractivity contribution in [1.82, 2.24) is 29.9 Å². The molecule has 3 aromatic heterocycles. The van der Waals surface area contributed by atoms with Crippen molar-refractivity contribution in [3.05, 3.63) is 71.7 Å². The fourth-order valence-electron chi connectivity index (χ4n) is 3.70. The lowest BCUT2D eigenvalue weighted by molar-refractivity contribution is 0.0301. The number of nitrogens with two attached hydrogens (primary N) is 1. The number of anilines is 1. The van der Waals surface area contributed by atoms with Gasteiger partial charge in [0.2, 0.25) is 5.95 Å². The lowest BCUT2D eigenvalue weighted by Crippen LogP contribution is -2.13. The topological polar surface area (TPSA) is 138 Å². The summed E-state index contributed by atoms with van der Waals surface area (Å²) in [6.45, 7) is 2.28. The fraction of sp³-hybridized carbons (Fsp3) is 0.250. The molecule has 0 amide bonds. The Labute approximate surface area is 196 Å². The Kier molecular flexibility index (Phi) is 6.20. The van der Waals surface area contributed by atoms with E-state index in [1.165, 1.54) is 0 Å². The zero-order chi connectivity index (χ0) is 23.3. The minimum atomic E-state index is 0.117. The smallest absolute Gasteiger partial charge is 0.221 e. The quantitative estimate of drug-likeness (QED) is 0.446. The molecule has 0 saturated carbocycles. The molecule has 1 saturated heterocycles. The molecule has 1 fully saturated rings. The minimum absolute atomic E-state index is 0.117. The second-order valence-corrected chi connectivity index (χ2v) is 7.91. The standard InChI is InChI=1S/C24H22N8O2/c25-11-16-3-1-4-17(9-16)21-10-22(29-24(26)28-21)23-13-32(31-30-23)12-18-5-2-6-19(27-18)14-34-20-7-8-33-15-20/h1-6,9-10,13,20H,7-8,12,14-15H2,(H2,26,28,29). The molecule has 10 nitrogen and oxygen atoms in total. The van der Waals surface area contributed by atoms with Crippen molar-refractivity contribution in [3.63, 3.8) is 0 Å². The van der Waals surface area contributed by atoms with Crippen LogP contribution in [0.3, 0.4) is 0 Å². The van der Waals surface area contributed by atoms with Crippen LogP contribution < -0.4 is 5.73 Å². The van der Waals surface area contributed by atoms with Crippen LogP contribution in [0.2, 0.25) is 0 Å². The number of hydrogen-bond donors (Lipinski definition) is 1. The van der Waals surface area contributed by atoms with Crippen LogP contribution in [0.25, 0.3) is 22.6 Å². The number of benzene rings is 1. The van der Waals surface area contributed by atoms with Crippen LogP contribution in [0, 0.1) is 11.3 Å². The maximum atomic E-state index is 9.17. The number of nitrogen functional groups attached to an aromatic ring is 1. The van der Waals surface area contributed by atoms with Gasteiger partial charge in [-0.25, -0.2) is 14.6 Å². The van der Waals surface area contributed by atoms with Gasteiger partial charge in [0, 0.05) is 12.2 Å². The van der Waals surface area contributed by atoms with E-state index in [1.807, 2.05) is 24.3 Å². The van der Waals surface area contributed by atoms with Crippen LogP contribution in [0.1, 0.15) is 23.4 Å². The normalized spacial score (nSPS) is 15.3. The van der Waals surface area contributed by atoms with Crippen LogP contribution in [-0.4, -0.2) is 49.3 Å². The van der Waals surface area contributed by atoms with Crippen molar-refractivity contribution in [1.29, 1.82) is 5.26 Å². The van der Waals surface area contributed by atoms with Crippen molar-refractivity contribution >= 4 is 5.95 Å². The van der Waals surface area contributed by atoms with E-state index in [-0.39, 0.29) is 12.1 Å². The zero-order valence-electron chi connectivity index (χ0n) is 18.3. The van der Waals surface area contributed by atoms with E-state index in [0.29, 0.717) is 42.4 Å². The van der Waals surface area contributed by atoms with Gasteiger partial charge in [-0.2, -0.15) is 5.26 Å². The molecule has 1 unspecified atom stereocenters. The fourth-order valence-corrected chi connectivity index (χ4v) is 3.70. The molecule has 0 bridgehead atoms. The van der Waals surface area contributed by atoms with Gasteiger partial charge in [0.05, 0.1) is 66.5 Å². The molecule has 1 aliphatic rings. The molecule has 0 aliphatic carbocycles. The Balaban J connectivity index is 1.32. The van der Waals surface area contributed by atoms with Crippen LogP contribution in [0.5, 0.6) is 0 Å². The summed E-state index contributed by atoms with van der Waals surface area (Å²) in [5, 5.41) is 17.6. The predicted molar refractivity (Wildman–Crippen MR) is 123 cm³/mol. The molecule has 1 atom stereocenters. The lowest BCUT2D eigenvalue weighted by atomic mass is 10.1. The van der Waals surface area contributed by atoms with E-state index in [0.717, 1.165) is 30.0 Å². The zero-order valence-corrected chi connectivity index (χ0v) is 18.3. The van der Waals surface area contributed by atoms with Gasteiger partial charge in [-0.15, -0.1) is 5.10 Å². The molecule has 5 rings (SSSR count). The highest BCUT2D eigenvalue weighted by Gasteiger charge is 2.16. The largest absolute Gasteiger partial charge is 0.379 e. The predicted octanol–water partition coefficient (Wildman–Crippen LogP) is 2.60. The molecule has 4 aromatic rings. The van der Waals surface area contributed by atoms with Gasteiger partial charge in [0.15, 0.2) is 0 Å². The van der Waals surface area contributed by atoms with Gasteiger partial charge >= 0.3 is 0 Å². The average molecular weight is 454 g/mol. The summed E-state index contributed by atoms with van der Waals surface area (Å²) in [6.07, 6.45) is 2.84. The maximum absolute atomic E-state index is 9.17. The second-order valence-electron chi connectivity index (χ2n) is 7.91. The van der Waals surface area contributed by atoms with Crippen molar-refractivity contribution in [2.45, 2.75) is 25.7 Å². The van der Waals surface area contributed by atoms with Crippen LogP contribution in [0.4, 0.5) is 5.95 Å². The first-order valence-electron chi connectivity index (χ1n) is 10.9. The summed E-state index contributed by atoms with van der Waals surface area (Å²) in [4.78, 5) is 13.3. The number of nitrogens with zero attached hydrogens (tertiary/aromatic N) is 7. The first kappa shape index (κ1) is 21.6. The average Bonchev–Trinajstić information content (AvgIpc) is 3.55. The summed E-state index contributed by atoms with van der Waals surface area (Å²) >= 11 is 0. The Morgan fingerprint density at radius 2 is 1.91 bits per heavy atom. The molecule has 1 aliphatic heterocycles. The van der Waals surface area contributed by atoms with Crippen molar-refractivity contribution in [3.8, 4) is 28.7 Å². The molecule has 2 N–H and O–H groups in total. The molecule has 10 heteroatoms. The summed E-state index contributed by atoms with van der Waals surface area (Å²) < 4.78 is 12.9. The molecule has 0 radical (unpaired) electrons. The van der Waals surface area contributed by atoms with Gasteiger partial charge in [0.1, 0.15) is 5.69 Å². The number of ether oxygens (including phenoxy) is 2. The first-order valence-corrected chi connectivity index (χ1v) is 10.9. The van der Waals surface area contributed by atoms with Gasteiger partial charge in [-0.05, 0) is 36.8 Å². The number of hydrogen-bond acceptors (Lipinski definition) is 9. The van der Waals surface area contributed by atoms with Crippen LogP contribution >= 0.6 is 0 Å². The number of aromatic nitrogens is 6. The third-order valence-corrected chi connectivity index (χ3v) is 5.38. The van der Waals surface area contributed by atoms with Gasteiger partial charge < -0.3 is 15.2 Å². The highest BCUT2D eigenvalue weighted by molar-refractivity contribution is 5.68. The third-order valence-electron chi connectivity index (χ3n) is 5.38. The Hall–Kier alpha value is -4.20. The van der Waals surface area contributed by atoms with Crippen molar-refractivity contribution in [2.24, 2.45) is 0 Å². The van der Waals surface area contributed by atoms with E-state index in [1.54, 1.807) is 35.1 Å². The minimum Gasteiger partial charge on any atom is -0.379 e. The Morgan fingerprint density at radius 3 is 2.76 bits per heavy atom.